The molecule has 0 saturated heterocycles. The molecule has 0 radical (unpaired) electrons. The largest absolute Gasteiger partial charge is 0.323 e. The molecule has 0 unspecified atom stereocenters. The number of anilines is 2. The summed E-state index contributed by atoms with van der Waals surface area (Å²) in [5.41, 5.74) is 0.741. The average molecular weight is 272 g/mol. The van der Waals surface area contributed by atoms with Crippen LogP contribution in [0, 0.1) is 11.3 Å². The van der Waals surface area contributed by atoms with Gasteiger partial charge in [0.1, 0.15) is 5.82 Å². The van der Waals surface area contributed by atoms with Gasteiger partial charge in [0.05, 0.1) is 6.07 Å². The van der Waals surface area contributed by atoms with Gasteiger partial charge in [-0.2, -0.15) is 10.4 Å². The van der Waals surface area contributed by atoms with E-state index in [0.29, 0.717) is 16.8 Å². The zero-order valence-electron chi connectivity index (χ0n) is 10.5. The standard InChI is InChI=1S/C12H12N6S/c1-18-7-5-10(17-18)15-11-9(4-3-6-13)8-14-12(16-11)19-2/h3-5,7-8H,1-2H3,(H,14,15,16,17). The van der Waals surface area contributed by atoms with Crippen molar-refractivity contribution in [2.45, 2.75) is 5.16 Å². The summed E-state index contributed by atoms with van der Waals surface area (Å²) in [5, 5.41) is 16.6. The molecule has 0 atom stereocenters. The number of nitrogens with zero attached hydrogens (tertiary/aromatic N) is 5. The Morgan fingerprint density at radius 3 is 3.00 bits per heavy atom. The number of rotatable bonds is 4. The lowest BCUT2D eigenvalue weighted by atomic mass is 10.3. The molecule has 2 aromatic heterocycles. The van der Waals surface area contributed by atoms with Gasteiger partial charge in [-0.3, -0.25) is 4.68 Å². The fourth-order valence-corrected chi connectivity index (χ4v) is 1.77. The molecule has 2 aromatic rings. The minimum absolute atomic E-state index is 0.629. The number of thioether (sulfide) groups is 1. The van der Waals surface area contributed by atoms with Crippen molar-refractivity contribution < 1.29 is 0 Å². The Bertz CT molecular complexity index is 640. The van der Waals surface area contributed by atoms with Crippen molar-refractivity contribution in [3.8, 4) is 6.07 Å². The van der Waals surface area contributed by atoms with Crippen LogP contribution < -0.4 is 5.32 Å². The second-order valence-electron chi connectivity index (χ2n) is 3.62. The molecule has 2 rings (SSSR count). The van der Waals surface area contributed by atoms with Gasteiger partial charge < -0.3 is 5.32 Å². The lowest BCUT2D eigenvalue weighted by molar-refractivity contribution is 0.770. The van der Waals surface area contributed by atoms with Gasteiger partial charge in [-0.15, -0.1) is 0 Å². The first-order valence-corrected chi connectivity index (χ1v) is 6.69. The smallest absolute Gasteiger partial charge is 0.189 e. The molecule has 19 heavy (non-hydrogen) atoms. The van der Waals surface area contributed by atoms with Crippen LogP contribution in [0.4, 0.5) is 11.6 Å². The average Bonchev–Trinajstić information content (AvgIpc) is 2.82. The zero-order chi connectivity index (χ0) is 13.7. The highest BCUT2D eigenvalue weighted by atomic mass is 32.2. The molecule has 0 amide bonds. The van der Waals surface area contributed by atoms with Crippen molar-refractivity contribution in [2.75, 3.05) is 11.6 Å². The summed E-state index contributed by atoms with van der Waals surface area (Å²) in [5.74, 6) is 1.32. The molecule has 2 heterocycles. The van der Waals surface area contributed by atoms with Crippen molar-refractivity contribution in [2.24, 2.45) is 7.05 Å². The third-order valence-electron chi connectivity index (χ3n) is 2.28. The van der Waals surface area contributed by atoms with Crippen molar-refractivity contribution in [1.29, 1.82) is 5.26 Å². The first-order chi connectivity index (χ1) is 9.22. The van der Waals surface area contributed by atoms with Crippen LogP contribution in [0.5, 0.6) is 0 Å². The van der Waals surface area contributed by atoms with Crippen LogP contribution in [0.1, 0.15) is 5.56 Å². The number of aromatic nitrogens is 4. The summed E-state index contributed by atoms with van der Waals surface area (Å²) >= 11 is 1.45. The molecule has 0 aliphatic heterocycles. The number of nitrogens with one attached hydrogen (secondary N) is 1. The Hall–Kier alpha value is -2.33. The first-order valence-electron chi connectivity index (χ1n) is 5.47. The maximum Gasteiger partial charge on any atom is 0.189 e. The molecule has 96 valence electrons. The van der Waals surface area contributed by atoms with Crippen LogP contribution >= 0.6 is 11.8 Å². The molecule has 7 heteroatoms. The SMILES string of the molecule is CSc1ncc(C=CC#N)c(Nc2ccn(C)n2)n1. The van der Waals surface area contributed by atoms with Crippen LogP contribution in [-0.4, -0.2) is 26.0 Å². The molecule has 0 aliphatic carbocycles. The fourth-order valence-electron chi connectivity index (χ4n) is 1.43. The van der Waals surface area contributed by atoms with Crippen LogP contribution in [0.3, 0.4) is 0 Å². The Morgan fingerprint density at radius 1 is 1.53 bits per heavy atom. The highest BCUT2D eigenvalue weighted by Crippen LogP contribution is 2.21. The van der Waals surface area contributed by atoms with Crippen LogP contribution in [0.15, 0.2) is 29.7 Å². The molecule has 0 aromatic carbocycles. The monoisotopic (exact) mass is 272 g/mol. The van der Waals surface area contributed by atoms with E-state index in [0.717, 1.165) is 5.56 Å². The van der Waals surface area contributed by atoms with Gasteiger partial charge in [-0.1, -0.05) is 11.8 Å². The molecule has 0 bridgehead atoms. The Balaban J connectivity index is 2.35. The predicted octanol–water partition coefficient (Wildman–Crippen LogP) is 2.21. The van der Waals surface area contributed by atoms with Gasteiger partial charge in [-0.05, 0) is 12.3 Å². The molecule has 6 nitrogen and oxygen atoms in total. The first kappa shape index (κ1) is 13.1. The van der Waals surface area contributed by atoms with Gasteiger partial charge in [0.2, 0.25) is 0 Å². The van der Waals surface area contributed by atoms with Crippen LogP contribution in [0.25, 0.3) is 6.08 Å². The highest BCUT2D eigenvalue weighted by molar-refractivity contribution is 7.98. The maximum absolute atomic E-state index is 8.59. The summed E-state index contributed by atoms with van der Waals surface area (Å²) < 4.78 is 1.70. The van der Waals surface area contributed by atoms with Crippen LogP contribution in [-0.2, 0) is 7.05 Å². The van der Waals surface area contributed by atoms with E-state index in [-0.39, 0.29) is 0 Å². The van der Waals surface area contributed by atoms with E-state index in [1.54, 1.807) is 17.0 Å². The Kier molecular flexibility index (Phi) is 4.15. The summed E-state index contributed by atoms with van der Waals surface area (Å²) in [6.45, 7) is 0. The van der Waals surface area contributed by atoms with E-state index >= 15 is 0 Å². The van der Waals surface area contributed by atoms with Crippen molar-refractivity contribution in [1.82, 2.24) is 19.7 Å². The molecular weight excluding hydrogens is 260 g/mol. The van der Waals surface area contributed by atoms with Gasteiger partial charge in [-0.25, -0.2) is 9.97 Å². The van der Waals surface area contributed by atoms with Crippen LogP contribution in [0.2, 0.25) is 0 Å². The van der Waals surface area contributed by atoms with E-state index in [9.17, 15) is 0 Å². The van der Waals surface area contributed by atoms with Gasteiger partial charge in [0.15, 0.2) is 11.0 Å². The van der Waals surface area contributed by atoms with E-state index < -0.39 is 0 Å². The Morgan fingerprint density at radius 2 is 2.37 bits per heavy atom. The van der Waals surface area contributed by atoms with Gasteiger partial charge >= 0.3 is 0 Å². The third-order valence-corrected chi connectivity index (χ3v) is 2.84. The van der Waals surface area contributed by atoms with E-state index in [2.05, 4.69) is 20.4 Å². The lowest BCUT2D eigenvalue weighted by Crippen LogP contribution is -2.00. The van der Waals surface area contributed by atoms with E-state index in [1.165, 1.54) is 17.8 Å². The summed E-state index contributed by atoms with van der Waals surface area (Å²) in [6.07, 6.45) is 8.48. The minimum Gasteiger partial charge on any atom is -0.323 e. The Labute approximate surface area is 115 Å². The molecular formula is C12H12N6S. The van der Waals surface area contributed by atoms with Crippen molar-refractivity contribution >= 4 is 29.5 Å². The molecule has 0 fully saturated rings. The number of hydrogen-bond acceptors (Lipinski definition) is 6. The highest BCUT2D eigenvalue weighted by Gasteiger charge is 2.06. The van der Waals surface area contributed by atoms with Gasteiger partial charge in [0.25, 0.3) is 0 Å². The summed E-state index contributed by atoms with van der Waals surface area (Å²) in [6, 6.07) is 3.80. The van der Waals surface area contributed by atoms with E-state index in [4.69, 9.17) is 5.26 Å². The third kappa shape index (κ3) is 3.33. The summed E-state index contributed by atoms with van der Waals surface area (Å²) in [4.78, 5) is 8.56. The second kappa shape index (κ2) is 6.02. The molecule has 0 saturated carbocycles. The topological polar surface area (TPSA) is 79.4 Å². The quantitative estimate of drug-likeness (QED) is 0.522. The van der Waals surface area contributed by atoms with Gasteiger partial charge in [0, 0.05) is 37.1 Å². The molecule has 0 spiro atoms. The second-order valence-corrected chi connectivity index (χ2v) is 4.40. The number of allylic oxidation sites excluding steroid dienone is 1. The maximum atomic E-state index is 8.59. The number of nitriles is 1. The zero-order valence-corrected chi connectivity index (χ0v) is 11.3. The van der Waals surface area contributed by atoms with Crippen molar-refractivity contribution in [3.05, 3.63) is 30.1 Å². The summed E-state index contributed by atoms with van der Waals surface area (Å²) in [7, 11) is 1.84. The molecule has 1 N–H and O–H groups in total. The normalized spacial score (nSPS) is 10.6. The molecule has 0 aliphatic rings. The predicted molar refractivity (Wildman–Crippen MR) is 75.0 cm³/mol. The number of hydrogen-bond donors (Lipinski definition) is 1. The van der Waals surface area contributed by atoms with E-state index in [1.807, 2.05) is 31.6 Å². The number of aryl methyl sites for hydroxylation is 1. The lowest BCUT2D eigenvalue weighted by Gasteiger charge is -2.06. The van der Waals surface area contributed by atoms with Crippen molar-refractivity contribution in [3.63, 3.8) is 0 Å². The fraction of sp³-hybridized carbons (Fsp3) is 0.167. The minimum atomic E-state index is 0.629.